The van der Waals surface area contributed by atoms with Gasteiger partial charge in [0.25, 0.3) is 0 Å². The average Bonchev–Trinajstić information content (AvgIpc) is 2.03. The summed E-state index contributed by atoms with van der Waals surface area (Å²) in [5, 5.41) is 0. The molecule has 0 saturated carbocycles. The highest BCUT2D eigenvalue weighted by atomic mass is 14.5. The first-order valence-electron chi connectivity index (χ1n) is 4.71. The summed E-state index contributed by atoms with van der Waals surface area (Å²) in [6.45, 7) is 2.23. The second-order valence-electron chi connectivity index (χ2n) is 2.94. The lowest BCUT2D eigenvalue weighted by atomic mass is 10.1. The van der Waals surface area contributed by atoms with Gasteiger partial charge in [-0.1, -0.05) is 45.1 Å². The van der Waals surface area contributed by atoms with E-state index in [0.29, 0.717) is 0 Å². The Morgan fingerprint density at radius 3 is 2.27 bits per heavy atom. The molecule has 0 aromatic rings. The fourth-order valence-corrected chi connectivity index (χ4v) is 1.12. The smallest absolute Gasteiger partial charge is 0.0455 e. The summed E-state index contributed by atoms with van der Waals surface area (Å²) in [5.74, 6) is 0. The van der Waals surface area contributed by atoms with E-state index in [1.165, 1.54) is 38.5 Å². The van der Waals surface area contributed by atoms with E-state index in [2.05, 4.69) is 6.92 Å². The van der Waals surface area contributed by atoms with Gasteiger partial charge in [0.1, 0.15) is 0 Å². The van der Waals surface area contributed by atoms with Crippen LogP contribution < -0.4 is 5.73 Å². The molecule has 0 unspecified atom stereocenters. The third-order valence-electron chi connectivity index (χ3n) is 1.83. The van der Waals surface area contributed by atoms with E-state index in [-0.39, 0.29) is 0 Å². The predicted molar refractivity (Wildman–Crippen MR) is 49.3 cm³/mol. The van der Waals surface area contributed by atoms with Gasteiger partial charge in [-0.3, -0.25) is 0 Å². The highest BCUT2D eigenvalue weighted by Gasteiger charge is 1.87. The third-order valence-corrected chi connectivity index (χ3v) is 1.83. The average molecular weight is 153 g/mol. The Labute approximate surface area is 70.7 Å². The Morgan fingerprint density at radius 1 is 1.00 bits per heavy atom. The number of allylic oxidation sites excluding steroid dienone is 1. The van der Waals surface area contributed by atoms with Gasteiger partial charge >= 0.3 is 0 Å². The first-order valence-corrected chi connectivity index (χ1v) is 4.71. The largest absolute Gasteiger partial charge is 0.160 e. The van der Waals surface area contributed by atoms with Crippen LogP contribution in [0.3, 0.4) is 0 Å². The lowest BCUT2D eigenvalue weighted by molar-refractivity contribution is 0.611. The van der Waals surface area contributed by atoms with Gasteiger partial charge in [-0.25, -0.2) is 0 Å². The summed E-state index contributed by atoms with van der Waals surface area (Å²) in [5.41, 5.74) is 8.33. The molecule has 0 heterocycles. The molecule has 0 atom stereocenters. The van der Waals surface area contributed by atoms with Gasteiger partial charge in [-0.05, 0) is 12.8 Å². The standard InChI is InChI=1S/C10H19N/c1-2-3-4-5-6-7-8-9-10-11/h9-10H,2-8H2,1H3. The molecule has 0 aliphatic carbocycles. The maximum atomic E-state index is 8.33. The molecule has 0 amide bonds. The van der Waals surface area contributed by atoms with Gasteiger partial charge in [0.2, 0.25) is 0 Å². The Hall–Kier alpha value is -0.460. The first-order chi connectivity index (χ1) is 5.41. The molecule has 0 fully saturated rings. The molecule has 0 rings (SSSR count). The maximum Gasteiger partial charge on any atom is 0.0455 e. The van der Waals surface area contributed by atoms with E-state index in [4.69, 9.17) is 5.73 Å². The predicted octanol–water partition coefficient (Wildman–Crippen LogP) is 3.32. The highest BCUT2D eigenvalue weighted by molar-refractivity contribution is 4.74. The van der Waals surface area contributed by atoms with Crippen molar-refractivity contribution in [3.05, 3.63) is 12.3 Å². The minimum atomic E-state index is 1.03. The van der Waals surface area contributed by atoms with Crippen molar-refractivity contribution in [2.75, 3.05) is 0 Å². The molecule has 0 aromatic heterocycles. The van der Waals surface area contributed by atoms with Gasteiger partial charge in [-0.2, -0.15) is 5.73 Å². The monoisotopic (exact) mass is 153 g/mol. The Bertz CT molecular complexity index is 86.9. The summed E-state index contributed by atoms with van der Waals surface area (Å²) in [6.07, 6.45) is 11.9. The number of rotatable bonds is 7. The lowest BCUT2D eigenvalue weighted by Crippen LogP contribution is -1.77. The summed E-state index contributed by atoms with van der Waals surface area (Å²) >= 11 is 0. The summed E-state index contributed by atoms with van der Waals surface area (Å²) < 4.78 is 0. The van der Waals surface area contributed by atoms with Crippen molar-refractivity contribution in [2.24, 2.45) is 0 Å². The maximum absolute atomic E-state index is 8.33. The molecular weight excluding hydrogens is 134 g/mol. The quantitative estimate of drug-likeness (QED) is 0.501. The van der Waals surface area contributed by atoms with Crippen LogP contribution in [0, 0.1) is 0 Å². The zero-order chi connectivity index (χ0) is 8.36. The van der Waals surface area contributed by atoms with Crippen molar-refractivity contribution < 1.29 is 0 Å². The van der Waals surface area contributed by atoms with Crippen LogP contribution in [-0.2, 0) is 0 Å². The number of unbranched alkanes of at least 4 members (excludes halogenated alkanes) is 6. The minimum absolute atomic E-state index is 1.03. The van der Waals surface area contributed by atoms with Crippen molar-refractivity contribution in [3.8, 4) is 0 Å². The third kappa shape index (κ3) is 9.54. The Kier molecular flexibility index (Phi) is 9.14. The highest BCUT2D eigenvalue weighted by Crippen LogP contribution is 2.06. The van der Waals surface area contributed by atoms with Crippen molar-refractivity contribution in [2.45, 2.75) is 51.9 Å². The summed E-state index contributed by atoms with van der Waals surface area (Å²) in [7, 11) is 0. The van der Waals surface area contributed by atoms with E-state index in [1.54, 1.807) is 0 Å². The molecule has 0 aliphatic rings. The molecule has 0 spiro atoms. The van der Waals surface area contributed by atoms with Gasteiger partial charge in [0.05, 0.1) is 0 Å². The zero-order valence-corrected chi connectivity index (χ0v) is 7.55. The molecule has 64 valence electrons. The van der Waals surface area contributed by atoms with Crippen molar-refractivity contribution in [3.63, 3.8) is 0 Å². The van der Waals surface area contributed by atoms with Gasteiger partial charge in [0.15, 0.2) is 0 Å². The molecule has 0 bridgehead atoms. The first kappa shape index (κ1) is 10.5. The molecule has 1 nitrogen and oxygen atoms in total. The minimum Gasteiger partial charge on any atom is -0.160 e. The van der Waals surface area contributed by atoms with Gasteiger partial charge < -0.3 is 0 Å². The van der Waals surface area contributed by atoms with Crippen molar-refractivity contribution in [1.29, 1.82) is 0 Å². The van der Waals surface area contributed by atoms with Crippen LogP contribution >= 0.6 is 0 Å². The molecule has 0 N–H and O–H groups in total. The van der Waals surface area contributed by atoms with E-state index < -0.39 is 0 Å². The van der Waals surface area contributed by atoms with Crippen LogP contribution in [0.1, 0.15) is 51.9 Å². The molecule has 0 saturated heterocycles. The second-order valence-corrected chi connectivity index (χ2v) is 2.94. The van der Waals surface area contributed by atoms with Crippen LogP contribution in [0.25, 0.3) is 0 Å². The van der Waals surface area contributed by atoms with Crippen molar-refractivity contribution >= 4 is 0 Å². The number of hydrogen-bond donors (Lipinski definition) is 0. The SMILES string of the molecule is CCCCCCCCC=C[N]. The van der Waals surface area contributed by atoms with Crippen LogP contribution in [0.5, 0.6) is 0 Å². The summed E-state index contributed by atoms with van der Waals surface area (Å²) in [4.78, 5) is 0. The van der Waals surface area contributed by atoms with Crippen molar-refractivity contribution in [1.82, 2.24) is 5.73 Å². The number of nitrogens with zero attached hydrogens (tertiary/aromatic N) is 1. The van der Waals surface area contributed by atoms with Crippen LogP contribution in [-0.4, -0.2) is 0 Å². The van der Waals surface area contributed by atoms with Gasteiger partial charge in [0, 0.05) is 6.20 Å². The topological polar surface area (TPSA) is 22.3 Å². The zero-order valence-electron chi connectivity index (χ0n) is 7.55. The van der Waals surface area contributed by atoms with Crippen LogP contribution in [0.4, 0.5) is 0 Å². The molecule has 0 aliphatic heterocycles. The van der Waals surface area contributed by atoms with Crippen LogP contribution in [0.15, 0.2) is 12.3 Å². The Morgan fingerprint density at radius 2 is 1.64 bits per heavy atom. The normalized spacial score (nSPS) is 11.0. The number of hydrogen-bond acceptors (Lipinski definition) is 0. The van der Waals surface area contributed by atoms with E-state index >= 15 is 0 Å². The summed E-state index contributed by atoms with van der Waals surface area (Å²) in [6, 6.07) is 0. The van der Waals surface area contributed by atoms with E-state index in [1.807, 2.05) is 6.08 Å². The van der Waals surface area contributed by atoms with Gasteiger partial charge in [-0.15, -0.1) is 0 Å². The second kappa shape index (κ2) is 9.54. The molecule has 0 aromatic carbocycles. The van der Waals surface area contributed by atoms with E-state index in [9.17, 15) is 0 Å². The molecule has 1 heteroatoms. The van der Waals surface area contributed by atoms with Crippen LogP contribution in [0.2, 0.25) is 0 Å². The fourth-order valence-electron chi connectivity index (χ4n) is 1.12. The lowest BCUT2D eigenvalue weighted by Gasteiger charge is -1.96. The Balaban J connectivity index is 2.79. The fraction of sp³-hybridized carbons (Fsp3) is 0.800. The molecular formula is C10H19N. The molecule has 11 heavy (non-hydrogen) atoms. The van der Waals surface area contributed by atoms with E-state index in [0.717, 1.165) is 12.6 Å². The molecule has 2 radical (unpaired) electrons.